The molecule has 0 heterocycles. The van der Waals surface area contributed by atoms with Gasteiger partial charge < -0.3 is 5.73 Å². The van der Waals surface area contributed by atoms with E-state index in [4.69, 9.17) is 17.3 Å². The lowest BCUT2D eigenvalue weighted by molar-refractivity contribution is 0.546. The van der Waals surface area contributed by atoms with Gasteiger partial charge in [0.1, 0.15) is 0 Å². The maximum Gasteiger partial charge on any atom is 0.0412 e. The smallest absolute Gasteiger partial charge is 0.0412 e. The lowest BCUT2D eigenvalue weighted by Gasteiger charge is -2.12. The third-order valence-electron chi connectivity index (χ3n) is 4.25. The van der Waals surface area contributed by atoms with E-state index in [0.717, 1.165) is 27.8 Å². The maximum absolute atomic E-state index is 6.14. The van der Waals surface area contributed by atoms with Gasteiger partial charge in [0, 0.05) is 16.3 Å². The van der Waals surface area contributed by atoms with Crippen LogP contribution in [0.25, 0.3) is 11.1 Å². The van der Waals surface area contributed by atoms with Crippen molar-refractivity contribution in [1.29, 1.82) is 0 Å². The minimum atomic E-state index is 0.753. The standard InChI is InChI=1S/C18H20ClN/c19-16-7-3-6-15(12-16)17-11-14(8-9-18(17)20)10-13-4-1-2-5-13/h3,6-9,11-13H,1-2,4-5,10,20H2. The summed E-state index contributed by atoms with van der Waals surface area (Å²) < 4.78 is 0. The second-order valence-corrected chi connectivity index (χ2v) is 6.22. The number of rotatable bonds is 3. The molecule has 20 heavy (non-hydrogen) atoms. The molecular weight excluding hydrogens is 266 g/mol. The molecule has 0 aromatic heterocycles. The topological polar surface area (TPSA) is 26.0 Å². The number of halogens is 1. The van der Waals surface area contributed by atoms with Crippen LogP contribution < -0.4 is 5.73 Å². The Morgan fingerprint density at radius 2 is 1.85 bits per heavy atom. The van der Waals surface area contributed by atoms with E-state index in [1.165, 1.54) is 37.7 Å². The summed E-state index contributed by atoms with van der Waals surface area (Å²) in [7, 11) is 0. The van der Waals surface area contributed by atoms with Gasteiger partial charge in [-0.1, -0.05) is 55.5 Å². The van der Waals surface area contributed by atoms with Crippen molar-refractivity contribution in [3.63, 3.8) is 0 Å². The van der Waals surface area contributed by atoms with Crippen molar-refractivity contribution in [2.75, 3.05) is 5.73 Å². The molecule has 3 rings (SSSR count). The molecule has 2 aromatic carbocycles. The highest BCUT2D eigenvalue weighted by Crippen LogP contribution is 2.32. The molecule has 0 spiro atoms. The lowest BCUT2D eigenvalue weighted by atomic mass is 9.94. The average molecular weight is 286 g/mol. The molecule has 0 aliphatic heterocycles. The Hall–Kier alpha value is -1.47. The Morgan fingerprint density at radius 3 is 2.60 bits per heavy atom. The highest BCUT2D eigenvalue weighted by atomic mass is 35.5. The van der Waals surface area contributed by atoms with Gasteiger partial charge in [0.15, 0.2) is 0 Å². The zero-order valence-electron chi connectivity index (χ0n) is 11.6. The summed E-state index contributed by atoms with van der Waals surface area (Å²) in [5, 5.41) is 0.753. The van der Waals surface area contributed by atoms with Crippen LogP contribution in [0.15, 0.2) is 42.5 Å². The van der Waals surface area contributed by atoms with Crippen LogP contribution >= 0.6 is 11.6 Å². The van der Waals surface area contributed by atoms with Gasteiger partial charge in [0.2, 0.25) is 0 Å². The number of nitrogen functional groups attached to an aromatic ring is 1. The van der Waals surface area contributed by atoms with Crippen LogP contribution in [0, 0.1) is 5.92 Å². The summed E-state index contributed by atoms with van der Waals surface area (Å²) in [4.78, 5) is 0. The highest BCUT2D eigenvalue weighted by molar-refractivity contribution is 6.30. The van der Waals surface area contributed by atoms with Crippen molar-refractivity contribution in [2.45, 2.75) is 32.1 Å². The zero-order valence-corrected chi connectivity index (χ0v) is 12.4. The summed E-state index contributed by atoms with van der Waals surface area (Å²) in [6.45, 7) is 0. The molecular formula is C18H20ClN. The minimum Gasteiger partial charge on any atom is -0.398 e. The summed E-state index contributed by atoms with van der Waals surface area (Å²) in [5.41, 5.74) is 10.5. The molecule has 0 bridgehead atoms. The number of nitrogens with two attached hydrogens (primary N) is 1. The van der Waals surface area contributed by atoms with E-state index in [1.807, 2.05) is 24.3 Å². The summed E-state index contributed by atoms with van der Waals surface area (Å²) in [5.74, 6) is 0.853. The van der Waals surface area contributed by atoms with Gasteiger partial charge in [0.25, 0.3) is 0 Å². The van der Waals surface area contributed by atoms with Gasteiger partial charge in [-0.25, -0.2) is 0 Å². The van der Waals surface area contributed by atoms with Gasteiger partial charge in [0.05, 0.1) is 0 Å². The number of anilines is 1. The van der Waals surface area contributed by atoms with Crippen LogP contribution in [0.2, 0.25) is 5.02 Å². The Morgan fingerprint density at radius 1 is 1.05 bits per heavy atom. The molecule has 0 unspecified atom stereocenters. The fourth-order valence-electron chi connectivity index (χ4n) is 3.18. The average Bonchev–Trinajstić information content (AvgIpc) is 2.94. The fraction of sp³-hybridized carbons (Fsp3) is 0.333. The Balaban J connectivity index is 1.90. The van der Waals surface area contributed by atoms with E-state index < -0.39 is 0 Å². The molecule has 1 nitrogen and oxygen atoms in total. The van der Waals surface area contributed by atoms with E-state index in [0.29, 0.717) is 0 Å². The summed E-state index contributed by atoms with van der Waals surface area (Å²) in [6.07, 6.45) is 6.70. The summed E-state index contributed by atoms with van der Waals surface area (Å²) in [6, 6.07) is 14.3. The SMILES string of the molecule is Nc1ccc(CC2CCCC2)cc1-c1cccc(Cl)c1. The predicted octanol–water partition coefficient (Wildman–Crippen LogP) is 5.32. The Bertz CT molecular complexity index is 600. The van der Waals surface area contributed by atoms with Crippen molar-refractivity contribution < 1.29 is 0 Å². The van der Waals surface area contributed by atoms with Gasteiger partial charge in [-0.3, -0.25) is 0 Å². The molecule has 0 atom stereocenters. The molecule has 104 valence electrons. The van der Waals surface area contributed by atoms with Crippen LogP contribution in [0.3, 0.4) is 0 Å². The van der Waals surface area contributed by atoms with Crippen LogP contribution in [-0.2, 0) is 6.42 Å². The minimum absolute atomic E-state index is 0.753. The van der Waals surface area contributed by atoms with Crippen LogP contribution in [0.4, 0.5) is 5.69 Å². The molecule has 1 aliphatic carbocycles. The first-order valence-electron chi connectivity index (χ1n) is 7.37. The zero-order chi connectivity index (χ0) is 13.9. The summed E-state index contributed by atoms with van der Waals surface area (Å²) >= 11 is 6.08. The van der Waals surface area contributed by atoms with E-state index in [-0.39, 0.29) is 0 Å². The molecule has 1 aliphatic rings. The first-order chi connectivity index (χ1) is 9.72. The quantitative estimate of drug-likeness (QED) is 0.759. The molecule has 2 heteroatoms. The van der Waals surface area contributed by atoms with E-state index in [2.05, 4.69) is 18.2 Å². The van der Waals surface area contributed by atoms with Crippen molar-refractivity contribution >= 4 is 17.3 Å². The van der Waals surface area contributed by atoms with Crippen molar-refractivity contribution in [3.05, 3.63) is 53.1 Å². The van der Waals surface area contributed by atoms with Crippen LogP contribution in [0.5, 0.6) is 0 Å². The first kappa shape index (κ1) is 13.5. The molecule has 0 amide bonds. The van der Waals surface area contributed by atoms with Gasteiger partial charge in [-0.05, 0) is 47.7 Å². The van der Waals surface area contributed by atoms with Crippen LogP contribution in [0.1, 0.15) is 31.2 Å². The largest absolute Gasteiger partial charge is 0.398 e. The van der Waals surface area contributed by atoms with E-state index in [1.54, 1.807) is 0 Å². The molecule has 1 saturated carbocycles. The lowest BCUT2D eigenvalue weighted by Crippen LogP contribution is -2.00. The van der Waals surface area contributed by atoms with Crippen molar-refractivity contribution in [1.82, 2.24) is 0 Å². The molecule has 2 N–H and O–H groups in total. The third-order valence-corrected chi connectivity index (χ3v) is 4.49. The second kappa shape index (κ2) is 5.88. The number of hydrogen-bond donors (Lipinski definition) is 1. The van der Waals surface area contributed by atoms with Crippen molar-refractivity contribution in [2.24, 2.45) is 5.92 Å². The molecule has 1 fully saturated rings. The van der Waals surface area contributed by atoms with Crippen LogP contribution in [-0.4, -0.2) is 0 Å². The van der Waals surface area contributed by atoms with Crippen molar-refractivity contribution in [3.8, 4) is 11.1 Å². The number of hydrogen-bond acceptors (Lipinski definition) is 1. The van der Waals surface area contributed by atoms with Gasteiger partial charge in [-0.15, -0.1) is 0 Å². The van der Waals surface area contributed by atoms with Gasteiger partial charge in [-0.2, -0.15) is 0 Å². The maximum atomic E-state index is 6.14. The van der Waals surface area contributed by atoms with E-state index in [9.17, 15) is 0 Å². The monoisotopic (exact) mass is 285 g/mol. The second-order valence-electron chi connectivity index (χ2n) is 5.79. The normalized spacial score (nSPS) is 15.7. The first-order valence-corrected chi connectivity index (χ1v) is 7.74. The fourth-order valence-corrected chi connectivity index (χ4v) is 3.37. The Kier molecular flexibility index (Phi) is 3.98. The number of benzene rings is 2. The van der Waals surface area contributed by atoms with Gasteiger partial charge >= 0.3 is 0 Å². The molecule has 0 saturated heterocycles. The molecule has 2 aromatic rings. The predicted molar refractivity (Wildman–Crippen MR) is 87.0 cm³/mol. The molecule has 0 radical (unpaired) electrons. The Labute approximate surface area is 125 Å². The highest BCUT2D eigenvalue weighted by Gasteiger charge is 2.16. The third kappa shape index (κ3) is 2.99. The van der Waals surface area contributed by atoms with E-state index >= 15 is 0 Å².